The van der Waals surface area contributed by atoms with Gasteiger partial charge in [0.05, 0.1) is 15.7 Å². The number of aromatic hydroxyl groups is 1. The third kappa shape index (κ3) is 4.75. The molecule has 4 N–H and O–H groups in total. The SMILES string of the molecule is O=C(O)CNc1nc(Nc2cc(Cl)c(O)c(Cl)c2)cc(-c2cccnc2)n1. The number of carboxylic acids is 1. The predicted octanol–water partition coefficient (Wildman–Crippen LogP) is 3.79. The van der Waals surface area contributed by atoms with Gasteiger partial charge in [0.15, 0.2) is 5.75 Å². The first-order valence-electron chi connectivity index (χ1n) is 7.62. The maximum absolute atomic E-state index is 10.8. The Hall–Kier alpha value is -3.10. The van der Waals surface area contributed by atoms with Gasteiger partial charge in [0.2, 0.25) is 5.95 Å². The lowest BCUT2D eigenvalue weighted by atomic mass is 10.2. The Balaban J connectivity index is 1.98. The molecule has 0 aliphatic heterocycles. The zero-order chi connectivity index (χ0) is 19.4. The van der Waals surface area contributed by atoms with Gasteiger partial charge in [-0.15, -0.1) is 0 Å². The van der Waals surface area contributed by atoms with Gasteiger partial charge in [0.1, 0.15) is 12.4 Å². The first-order valence-corrected chi connectivity index (χ1v) is 8.38. The number of phenols is 1. The van der Waals surface area contributed by atoms with Crippen molar-refractivity contribution in [1.82, 2.24) is 15.0 Å². The molecule has 0 saturated heterocycles. The van der Waals surface area contributed by atoms with E-state index >= 15 is 0 Å². The van der Waals surface area contributed by atoms with Gasteiger partial charge in [-0.3, -0.25) is 9.78 Å². The van der Waals surface area contributed by atoms with Gasteiger partial charge >= 0.3 is 5.97 Å². The van der Waals surface area contributed by atoms with Gasteiger partial charge in [0, 0.05) is 29.7 Å². The number of anilines is 3. The van der Waals surface area contributed by atoms with Crippen molar-refractivity contribution in [2.75, 3.05) is 17.2 Å². The highest BCUT2D eigenvalue weighted by Crippen LogP contribution is 2.35. The number of rotatable bonds is 6. The second kappa shape index (κ2) is 8.07. The minimum absolute atomic E-state index is 0.0794. The Morgan fingerprint density at radius 3 is 2.52 bits per heavy atom. The Bertz CT molecular complexity index is 963. The fourth-order valence-electron chi connectivity index (χ4n) is 2.19. The molecule has 0 atom stereocenters. The van der Waals surface area contributed by atoms with E-state index in [2.05, 4.69) is 25.6 Å². The molecule has 0 aliphatic rings. The summed E-state index contributed by atoms with van der Waals surface area (Å²) in [6.45, 7) is -0.340. The summed E-state index contributed by atoms with van der Waals surface area (Å²) >= 11 is 11.9. The van der Waals surface area contributed by atoms with Crippen LogP contribution in [-0.2, 0) is 4.79 Å². The zero-order valence-corrected chi connectivity index (χ0v) is 15.2. The van der Waals surface area contributed by atoms with Gasteiger partial charge in [-0.05, 0) is 24.3 Å². The zero-order valence-electron chi connectivity index (χ0n) is 13.6. The van der Waals surface area contributed by atoms with Crippen molar-refractivity contribution < 1.29 is 15.0 Å². The number of halogens is 2. The number of carboxylic acid groups (broad SMARTS) is 1. The number of hydrogen-bond acceptors (Lipinski definition) is 7. The smallest absolute Gasteiger partial charge is 0.322 e. The van der Waals surface area contributed by atoms with Crippen LogP contribution in [0.25, 0.3) is 11.3 Å². The van der Waals surface area contributed by atoms with Gasteiger partial charge < -0.3 is 20.8 Å². The van der Waals surface area contributed by atoms with Gasteiger partial charge in [0.25, 0.3) is 0 Å². The van der Waals surface area contributed by atoms with Crippen molar-refractivity contribution in [2.45, 2.75) is 0 Å². The molecule has 8 nitrogen and oxygen atoms in total. The number of nitrogens with one attached hydrogen (secondary N) is 2. The minimum atomic E-state index is -1.04. The summed E-state index contributed by atoms with van der Waals surface area (Å²) in [7, 11) is 0. The van der Waals surface area contributed by atoms with E-state index in [0.717, 1.165) is 5.56 Å². The first-order chi connectivity index (χ1) is 12.9. The lowest BCUT2D eigenvalue weighted by Gasteiger charge is -2.12. The number of nitrogens with zero attached hydrogens (tertiary/aromatic N) is 3. The molecule has 1 aromatic carbocycles. The highest BCUT2D eigenvalue weighted by atomic mass is 35.5. The molecule has 0 bridgehead atoms. The maximum atomic E-state index is 10.8. The summed E-state index contributed by atoms with van der Waals surface area (Å²) in [5.74, 6) is -0.768. The Morgan fingerprint density at radius 2 is 1.89 bits per heavy atom. The van der Waals surface area contributed by atoms with E-state index in [9.17, 15) is 9.90 Å². The predicted molar refractivity (Wildman–Crippen MR) is 103 cm³/mol. The molecule has 0 fully saturated rings. The third-order valence-corrected chi connectivity index (χ3v) is 3.95. The van der Waals surface area contributed by atoms with E-state index in [-0.39, 0.29) is 28.3 Å². The number of phenolic OH excluding ortho intramolecular Hbond substituents is 1. The van der Waals surface area contributed by atoms with Crippen LogP contribution in [0.4, 0.5) is 17.5 Å². The number of benzene rings is 1. The van der Waals surface area contributed by atoms with E-state index in [0.29, 0.717) is 17.2 Å². The topological polar surface area (TPSA) is 120 Å². The summed E-state index contributed by atoms with van der Waals surface area (Å²) in [6.07, 6.45) is 3.26. The molecular formula is C17H13Cl2N5O3. The van der Waals surface area contributed by atoms with Crippen LogP contribution in [0.5, 0.6) is 5.75 Å². The molecule has 0 aliphatic carbocycles. The van der Waals surface area contributed by atoms with Crippen LogP contribution >= 0.6 is 23.2 Å². The third-order valence-electron chi connectivity index (χ3n) is 3.37. The van der Waals surface area contributed by atoms with Crippen LogP contribution in [0.2, 0.25) is 10.0 Å². The number of aliphatic carboxylic acids is 1. The molecular weight excluding hydrogens is 393 g/mol. The van der Waals surface area contributed by atoms with E-state index in [1.54, 1.807) is 24.5 Å². The molecule has 2 aromatic heterocycles. The van der Waals surface area contributed by atoms with E-state index < -0.39 is 5.97 Å². The highest BCUT2D eigenvalue weighted by molar-refractivity contribution is 6.37. The summed E-state index contributed by atoms with van der Waals surface area (Å²) in [5.41, 5.74) is 1.75. The molecule has 0 amide bonds. The second-order valence-electron chi connectivity index (χ2n) is 5.36. The highest BCUT2D eigenvalue weighted by Gasteiger charge is 2.11. The minimum Gasteiger partial charge on any atom is -0.505 e. The molecule has 2 heterocycles. The van der Waals surface area contributed by atoms with Crippen LogP contribution in [0.1, 0.15) is 0 Å². The number of carbonyl (C=O) groups is 1. The summed E-state index contributed by atoms with van der Waals surface area (Å²) in [5, 5.41) is 24.3. The average molecular weight is 406 g/mol. The van der Waals surface area contributed by atoms with E-state index in [4.69, 9.17) is 28.3 Å². The van der Waals surface area contributed by atoms with Crippen molar-refractivity contribution in [3.05, 3.63) is 52.8 Å². The molecule has 3 aromatic rings. The Kier molecular flexibility index (Phi) is 5.58. The fraction of sp³-hybridized carbons (Fsp3) is 0.0588. The number of hydrogen-bond donors (Lipinski definition) is 4. The molecule has 10 heteroatoms. The van der Waals surface area contributed by atoms with Crippen LogP contribution in [0.15, 0.2) is 42.7 Å². The largest absolute Gasteiger partial charge is 0.505 e. The molecule has 0 unspecified atom stereocenters. The lowest BCUT2D eigenvalue weighted by Crippen LogP contribution is -2.15. The van der Waals surface area contributed by atoms with Crippen molar-refractivity contribution in [3.63, 3.8) is 0 Å². The van der Waals surface area contributed by atoms with Crippen molar-refractivity contribution >= 4 is 46.6 Å². The maximum Gasteiger partial charge on any atom is 0.322 e. The first kappa shape index (κ1) is 18.7. The monoisotopic (exact) mass is 405 g/mol. The molecule has 0 saturated carbocycles. The second-order valence-corrected chi connectivity index (χ2v) is 6.18. The molecule has 27 heavy (non-hydrogen) atoms. The molecule has 138 valence electrons. The van der Waals surface area contributed by atoms with Crippen molar-refractivity contribution in [2.24, 2.45) is 0 Å². The van der Waals surface area contributed by atoms with Crippen molar-refractivity contribution in [1.29, 1.82) is 0 Å². The Labute approximate surface area is 163 Å². The Morgan fingerprint density at radius 1 is 1.15 bits per heavy atom. The summed E-state index contributed by atoms with van der Waals surface area (Å²) in [4.78, 5) is 23.4. The van der Waals surface area contributed by atoms with Gasteiger partial charge in [-0.1, -0.05) is 23.2 Å². The molecule has 0 spiro atoms. The average Bonchev–Trinajstić information content (AvgIpc) is 2.65. The fourth-order valence-corrected chi connectivity index (χ4v) is 2.68. The summed E-state index contributed by atoms with van der Waals surface area (Å²) < 4.78 is 0. The van der Waals surface area contributed by atoms with E-state index in [1.165, 1.54) is 12.1 Å². The van der Waals surface area contributed by atoms with Gasteiger partial charge in [-0.2, -0.15) is 4.98 Å². The number of aromatic nitrogens is 3. The molecule has 3 rings (SSSR count). The van der Waals surface area contributed by atoms with Crippen LogP contribution in [0, 0.1) is 0 Å². The number of pyridine rings is 1. The van der Waals surface area contributed by atoms with Crippen LogP contribution in [-0.4, -0.2) is 37.7 Å². The van der Waals surface area contributed by atoms with Crippen molar-refractivity contribution in [3.8, 4) is 17.0 Å². The lowest BCUT2D eigenvalue weighted by molar-refractivity contribution is -0.134. The standard InChI is InChI=1S/C17H13Cl2N5O3/c18-11-4-10(5-12(19)16(11)27)22-14-6-13(9-2-1-3-20-7-9)23-17(24-14)21-8-15(25)26/h1-7,27H,8H2,(H,25,26)(H2,21,22,23,24). The summed E-state index contributed by atoms with van der Waals surface area (Å²) in [6, 6.07) is 8.21. The molecule has 0 radical (unpaired) electrons. The van der Waals surface area contributed by atoms with Crippen LogP contribution < -0.4 is 10.6 Å². The quantitative estimate of drug-likeness (QED) is 0.457. The van der Waals surface area contributed by atoms with Gasteiger partial charge in [-0.25, -0.2) is 4.98 Å². The van der Waals surface area contributed by atoms with Crippen LogP contribution in [0.3, 0.4) is 0 Å². The normalized spacial score (nSPS) is 10.4. The van der Waals surface area contributed by atoms with E-state index in [1.807, 2.05) is 6.07 Å².